The Hall–Kier alpha value is -1.10. The number of nitrogens with one attached hydrogen (secondary N) is 1. The van der Waals surface area contributed by atoms with Gasteiger partial charge in [-0.2, -0.15) is 0 Å². The van der Waals surface area contributed by atoms with E-state index in [0.29, 0.717) is 0 Å². The topological polar surface area (TPSA) is 29.1 Å². The van der Waals surface area contributed by atoms with E-state index in [1.807, 2.05) is 0 Å². The van der Waals surface area contributed by atoms with E-state index in [9.17, 15) is 13.6 Å². The van der Waals surface area contributed by atoms with E-state index >= 15 is 0 Å². The van der Waals surface area contributed by atoms with Crippen molar-refractivity contribution >= 4 is 23.4 Å². The van der Waals surface area contributed by atoms with E-state index in [0.717, 1.165) is 30.7 Å². The average molecular weight is 273 g/mol. The minimum Gasteiger partial charge on any atom is -0.325 e. The van der Waals surface area contributed by atoms with Gasteiger partial charge in [0.1, 0.15) is 0 Å². The smallest absolute Gasteiger partial charge is 0.237 e. The standard InChI is InChI=1S/C13H17F2NOS/c1-3-4-7-18-9(2)13(17)16-10-5-6-11(14)12(15)8-10/h5-6,8-9H,3-4,7H2,1-2H3,(H,16,17). The molecule has 100 valence electrons. The molecule has 1 atom stereocenters. The Morgan fingerprint density at radius 1 is 1.39 bits per heavy atom. The Balaban J connectivity index is 2.50. The molecule has 0 fully saturated rings. The van der Waals surface area contributed by atoms with Crippen LogP contribution in [0.4, 0.5) is 14.5 Å². The zero-order valence-corrected chi connectivity index (χ0v) is 11.3. The molecule has 1 rings (SSSR count). The molecule has 1 N–H and O–H groups in total. The predicted molar refractivity (Wildman–Crippen MR) is 71.8 cm³/mol. The fraction of sp³-hybridized carbons (Fsp3) is 0.462. The van der Waals surface area contributed by atoms with Gasteiger partial charge in [-0.1, -0.05) is 13.3 Å². The first-order valence-corrected chi connectivity index (χ1v) is 6.97. The SMILES string of the molecule is CCCCSC(C)C(=O)Nc1ccc(F)c(F)c1. The lowest BCUT2D eigenvalue weighted by molar-refractivity contribution is -0.115. The molecular formula is C13H17F2NOS. The Morgan fingerprint density at radius 3 is 2.72 bits per heavy atom. The number of amides is 1. The molecule has 0 bridgehead atoms. The number of halogens is 2. The van der Waals surface area contributed by atoms with E-state index in [1.54, 1.807) is 18.7 Å². The monoisotopic (exact) mass is 273 g/mol. The van der Waals surface area contributed by atoms with Crippen LogP contribution in [0.2, 0.25) is 0 Å². The lowest BCUT2D eigenvalue weighted by Gasteiger charge is -2.11. The third-order valence-electron chi connectivity index (χ3n) is 2.42. The Bertz CT molecular complexity index is 412. The molecule has 0 spiro atoms. The summed E-state index contributed by atoms with van der Waals surface area (Å²) in [5.74, 6) is -1.15. The maximum atomic E-state index is 12.9. The lowest BCUT2D eigenvalue weighted by Crippen LogP contribution is -2.22. The van der Waals surface area contributed by atoms with Gasteiger partial charge in [0.15, 0.2) is 11.6 Å². The van der Waals surface area contributed by atoms with Crippen molar-refractivity contribution in [3.63, 3.8) is 0 Å². The van der Waals surface area contributed by atoms with Gasteiger partial charge in [-0.15, -0.1) is 11.8 Å². The molecule has 0 heterocycles. The van der Waals surface area contributed by atoms with Gasteiger partial charge in [0.2, 0.25) is 5.91 Å². The van der Waals surface area contributed by atoms with Crippen molar-refractivity contribution in [2.24, 2.45) is 0 Å². The van der Waals surface area contributed by atoms with Crippen molar-refractivity contribution in [2.45, 2.75) is 31.9 Å². The number of rotatable bonds is 6. The van der Waals surface area contributed by atoms with Crippen molar-refractivity contribution in [2.75, 3.05) is 11.1 Å². The van der Waals surface area contributed by atoms with E-state index < -0.39 is 11.6 Å². The Kier molecular flexibility index (Phi) is 6.12. The first-order valence-electron chi connectivity index (χ1n) is 5.92. The average Bonchev–Trinajstić information content (AvgIpc) is 2.34. The van der Waals surface area contributed by atoms with Crippen LogP contribution in [-0.2, 0) is 4.79 Å². The maximum absolute atomic E-state index is 12.9. The van der Waals surface area contributed by atoms with Gasteiger partial charge in [0.05, 0.1) is 5.25 Å². The van der Waals surface area contributed by atoms with Gasteiger partial charge in [-0.25, -0.2) is 8.78 Å². The highest BCUT2D eigenvalue weighted by Gasteiger charge is 2.13. The highest BCUT2D eigenvalue weighted by atomic mass is 32.2. The first-order chi connectivity index (χ1) is 8.54. The fourth-order valence-electron chi connectivity index (χ4n) is 1.30. The van der Waals surface area contributed by atoms with Crippen molar-refractivity contribution in [1.29, 1.82) is 0 Å². The van der Waals surface area contributed by atoms with Crippen LogP contribution >= 0.6 is 11.8 Å². The number of carbonyl (C=O) groups excluding carboxylic acids is 1. The van der Waals surface area contributed by atoms with E-state index in [4.69, 9.17) is 0 Å². The van der Waals surface area contributed by atoms with E-state index in [-0.39, 0.29) is 16.8 Å². The van der Waals surface area contributed by atoms with E-state index in [1.165, 1.54) is 6.07 Å². The molecule has 0 saturated heterocycles. The molecule has 18 heavy (non-hydrogen) atoms. The largest absolute Gasteiger partial charge is 0.325 e. The summed E-state index contributed by atoms with van der Waals surface area (Å²) >= 11 is 1.56. The minimum atomic E-state index is -0.959. The van der Waals surface area contributed by atoms with Gasteiger partial charge in [-0.05, 0) is 31.2 Å². The van der Waals surface area contributed by atoms with Gasteiger partial charge in [0.25, 0.3) is 0 Å². The van der Waals surface area contributed by atoms with Gasteiger partial charge in [-0.3, -0.25) is 4.79 Å². The predicted octanol–water partition coefficient (Wildman–Crippen LogP) is 3.83. The Morgan fingerprint density at radius 2 is 2.11 bits per heavy atom. The number of hydrogen-bond acceptors (Lipinski definition) is 2. The summed E-state index contributed by atoms with van der Waals surface area (Å²) in [4.78, 5) is 11.8. The molecule has 0 saturated carbocycles. The summed E-state index contributed by atoms with van der Waals surface area (Å²) < 4.78 is 25.7. The van der Waals surface area contributed by atoms with Crippen molar-refractivity contribution < 1.29 is 13.6 Å². The molecule has 1 aromatic carbocycles. The van der Waals surface area contributed by atoms with Crippen LogP contribution in [-0.4, -0.2) is 16.9 Å². The summed E-state index contributed by atoms with van der Waals surface area (Å²) in [7, 11) is 0. The molecule has 1 amide bonds. The molecule has 0 aliphatic rings. The molecular weight excluding hydrogens is 256 g/mol. The molecule has 0 aromatic heterocycles. The summed E-state index contributed by atoms with van der Waals surface area (Å²) in [5, 5.41) is 2.37. The summed E-state index contributed by atoms with van der Waals surface area (Å²) in [6, 6.07) is 3.33. The number of carbonyl (C=O) groups is 1. The lowest BCUT2D eigenvalue weighted by atomic mass is 10.3. The second-order valence-corrected chi connectivity index (χ2v) is 5.43. The zero-order chi connectivity index (χ0) is 13.5. The third-order valence-corrected chi connectivity index (χ3v) is 3.66. The molecule has 0 radical (unpaired) electrons. The van der Waals surface area contributed by atoms with Crippen LogP contribution < -0.4 is 5.32 Å². The van der Waals surface area contributed by atoms with E-state index in [2.05, 4.69) is 12.2 Å². The maximum Gasteiger partial charge on any atom is 0.237 e. The number of hydrogen-bond donors (Lipinski definition) is 1. The van der Waals surface area contributed by atoms with Crippen LogP contribution in [0.25, 0.3) is 0 Å². The zero-order valence-electron chi connectivity index (χ0n) is 10.5. The van der Waals surface area contributed by atoms with Crippen molar-refractivity contribution in [3.05, 3.63) is 29.8 Å². The van der Waals surface area contributed by atoms with Crippen molar-refractivity contribution in [1.82, 2.24) is 0 Å². The highest BCUT2D eigenvalue weighted by Crippen LogP contribution is 2.17. The minimum absolute atomic E-state index is 0.192. The molecule has 1 aromatic rings. The fourth-order valence-corrected chi connectivity index (χ4v) is 2.32. The molecule has 2 nitrogen and oxygen atoms in total. The normalized spacial score (nSPS) is 12.2. The van der Waals surface area contributed by atoms with Gasteiger partial charge < -0.3 is 5.32 Å². The second kappa shape index (κ2) is 7.36. The van der Waals surface area contributed by atoms with Crippen LogP contribution in [0.15, 0.2) is 18.2 Å². The number of benzene rings is 1. The summed E-state index contributed by atoms with van der Waals surface area (Å²) in [6.07, 6.45) is 2.15. The summed E-state index contributed by atoms with van der Waals surface area (Å²) in [6.45, 7) is 3.89. The first kappa shape index (κ1) is 15.0. The summed E-state index contributed by atoms with van der Waals surface area (Å²) in [5.41, 5.74) is 0.279. The van der Waals surface area contributed by atoms with Gasteiger partial charge in [0, 0.05) is 11.8 Å². The second-order valence-electron chi connectivity index (χ2n) is 3.98. The Labute approximate surface area is 110 Å². The highest BCUT2D eigenvalue weighted by molar-refractivity contribution is 8.00. The van der Waals surface area contributed by atoms with Crippen LogP contribution in [0.1, 0.15) is 26.7 Å². The molecule has 1 unspecified atom stereocenters. The molecule has 0 aliphatic heterocycles. The van der Waals surface area contributed by atoms with Gasteiger partial charge >= 0.3 is 0 Å². The number of thioether (sulfide) groups is 1. The van der Waals surface area contributed by atoms with Crippen molar-refractivity contribution in [3.8, 4) is 0 Å². The molecule has 5 heteroatoms. The number of unbranched alkanes of at least 4 members (excludes halogenated alkanes) is 1. The number of anilines is 1. The third kappa shape index (κ3) is 4.64. The quantitative estimate of drug-likeness (QED) is 0.798. The molecule has 0 aliphatic carbocycles. The van der Waals surface area contributed by atoms with Crippen LogP contribution in [0.5, 0.6) is 0 Å². The van der Waals surface area contributed by atoms with Crippen LogP contribution in [0.3, 0.4) is 0 Å². The van der Waals surface area contributed by atoms with Crippen LogP contribution in [0, 0.1) is 11.6 Å².